The maximum atomic E-state index is 17.6. The van der Waals surface area contributed by atoms with E-state index in [-0.39, 0.29) is 54.7 Å². The van der Waals surface area contributed by atoms with Crippen LogP contribution >= 0.6 is 0 Å². The van der Waals surface area contributed by atoms with E-state index in [9.17, 15) is 26.7 Å². The molecule has 2 fully saturated rings. The van der Waals surface area contributed by atoms with Crippen LogP contribution < -0.4 is 4.74 Å². The first-order valence-electron chi connectivity index (χ1n) is 19.2. The number of alkyl halides is 6. The summed E-state index contributed by atoms with van der Waals surface area (Å²) in [5.74, 6) is -2.91. The fourth-order valence-electron chi connectivity index (χ4n) is 8.40. The molecule has 1 saturated carbocycles. The molecule has 2 unspecified atom stereocenters. The van der Waals surface area contributed by atoms with Gasteiger partial charge in [-0.3, -0.25) is 4.98 Å². The van der Waals surface area contributed by atoms with Crippen LogP contribution in [0.25, 0.3) is 0 Å². The van der Waals surface area contributed by atoms with E-state index in [1.807, 2.05) is 24.3 Å². The zero-order valence-corrected chi connectivity index (χ0v) is 32.5. The highest BCUT2D eigenvalue weighted by Crippen LogP contribution is 2.53. The molecule has 12 heteroatoms. The van der Waals surface area contributed by atoms with Gasteiger partial charge in [0.15, 0.2) is 6.17 Å². The number of likely N-dealkylation sites (tertiary alicyclic amines) is 1. The Kier molecular flexibility index (Phi) is 11.6. The monoisotopic (exact) mass is 774 g/mol. The second kappa shape index (κ2) is 15.6. The van der Waals surface area contributed by atoms with Crippen molar-refractivity contribution < 1.29 is 45.3 Å². The van der Waals surface area contributed by atoms with E-state index in [4.69, 9.17) is 19.2 Å². The van der Waals surface area contributed by atoms with Gasteiger partial charge in [0.1, 0.15) is 11.4 Å². The molecule has 2 aromatic carbocycles. The molecule has 1 aliphatic heterocycles. The van der Waals surface area contributed by atoms with E-state index in [1.54, 1.807) is 32.8 Å². The molecule has 55 heavy (non-hydrogen) atoms. The number of carbonyl (C=O) groups excluding carboxylic acids is 1. The Hall–Kier alpha value is -3.80. The Bertz CT molecular complexity index is 1800. The van der Waals surface area contributed by atoms with Gasteiger partial charge in [0, 0.05) is 48.7 Å². The van der Waals surface area contributed by atoms with Crippen LogP contribution in [0.4, 0.5) is 31.1 Å². The minimum atomic E-state index is -4.61. The Morgan fingerprint density at radius 1 is 0.909 bits per heavy atom. The zero-order valence-electron chi connectivity index (χ0n) is 32.5. The summed E-state index contributed by atoms with van der Waals surface area (Å²) in [7, 11) is 1.58. The lowest BCUT2D eigenvalue weighted by molar-refractivity contribution is -0.137. The molecule has 1 amide bonds. The average Bonchev–Trinajstić information content (AvgIpc) is 3.11. The highest BCUT2D eigenvalue weighted by molar-refractivity contribution is 5.68. The normalized spacial score (nSPS) is 21.2. The number of methoxy groups -OCH3 is 1. The Morgan fingerprint density at radius 3 is 2.09 bits per heavy atom. The van der Waals surface area contributed by atoms with E-state index in [0.29, 0.717) is 61.3 Å². The summed E-state index contributed by atoms with van der Waals surface area (Å²) >= 11 is 0. The summed E-state index contributed by atoms with van der Waals surface area (Å²) < 4.78 is 106. The largest absolute Gasteiger partial charge is 0.497 e. The predicted octanol–water partition coefficient (Wildman–Crippen LogP) is 11.8. The Balaban J connectivity index is 1.49. The summed E-state index contributed by atoms with van der Waals surface area (Å²) in [6.07, 6.45) is -5.99. The van der Waals surface area contributed by atoms with Gasteiger partial charge < -0.3 is 19.1 Å². The number of nitrogens with zero attached hydrogens (tertiary/aromatic N) is 2. The maximum Gasteiger partial charge on any atom is 0.416 e. The van der Waals surface area contributed by atoms with Crippen LogP contribution in [0.1, 0.15) is 148 Å². The van der Waals surface area contributed by atoms with Gasteiger partial charge >= 0.3 is 12.3 Å². The minimum absolute atomic E-state index is 0.0245. The lowest BCUT2D eigenvalue weighted by atomic mass is 9.68. The van der Waals surface area contributed by atoms with Crippen LogP contribution in [-0.4, -0.2) is 47.7 Å². The van der Waals surface area contributed by atoms with E-state index in [2.05, 4.69) is 13.8 Å². The lowest BCUT2D eigenvalue weighted by Gasteiger charge is -2.42. The maximum absolute atomic E-state index is 17.6. The second-order valence-corrected chi connectivity index (χ2v) is 17.2. The molecule has 6 rings (SSSR count). The minimum Gasteiger partial charge on any atom is -0.497 e. The van der Waals surface area contributed by atoms with Gasteiger partial charge in [-0.15, -0.1) is 0 Å². The number of rotatable bonds is 8. The third kappa shape index (κ3) is 9.60. The smallest absolute Gasteiger partial charge is 0.416 e. The number of fused-ring (bicyclic) bond motifs is 1. The van der Waals surface area contributed by atoms with Crippen LogP contribution in [0.3, 0.4) is 0 Å². The molecule has 0 radical (unpaired) electrons. The van der Waals surface area contributed by atoms with Crippen molar-refractivity contribution in [3.63, 3.8) is 0 Å². The first-order valence-corrected chi connectivity index (χ1v) is 19.2. The lowest BCUT2D eigenvalue weighted by Crippen LogP contribution is -2.41. The summed E-state index contributed by atoms with van der Waals surface area (Å²) in [5, 5.41) is 0. The standard InChI is InChI=1S/C43H52F6N2O4/c1-40(2,3)55-39(52)51-21-17-29(18-22-51)38-36(37(44)28-9-11-30(12-10-28)43(47,48)49)34(27-15-19-42(45,46)20-16-27)35-32(50-38)23-41(4,5)24-33(35)54-25-26-7-13-31(53-6)14-8-26/h7-14,27,29,33,37H,15-25H2,1-6H3. The van der Waals surface area contributed by atoms with E-state index >= 15 is 4.39 Å². The third-order valence-corrected chi connectivity index (χ3v) is 11.2. The SMILES string of the molecule is COc1ccc(COC2CC(C)(C)Cc3nc(C4CCN(C(=O)OC(C)(C)C)CC4)c(C(F)c4ccc(C(F)(F)F)cc4)c(C4CCC(F)(F)CC4)c32)cc1. The van der Waals surface area contributed by atoms with Crippen molar-refractivity contribution in [3.8, 4) is 5.75 Å². The molecular formula is C43H52F6N2O4. The van der Waals surface area contributed by atoms with E-state index < -0.39 is 47.6 Å². The van der Waals surface area contributed by atoms with Crippen molar-refractivity contribution in [2.75, 3.05) is 20.2 Å². The molecule has 2 heterocycles. The fourth-order valence-corrected chi connectivity index (χ4v) is 8.40. The number of ether oxygens (including phenoxy) is 3. The van der Waals surface area contributed by atoms with Crippen molar-refractivity contribution in [2.24, 2.45) is 5.41 Å². The summed E-state index contributed by atoms with van der Waals surface area (Å²) in [4.78, 5) is 19.9. The van der Waals surface area contributed by atoms with E-state index in [0.717, 1.165) is 35.5 Å². The summed E-state index contributed by atoms with van der Waals surface area (Å²) in [6.45, 7) is 10.5. The highest BCUT2D eigenvalue weighted by Gasteiger charge is 2.44. The third-order valence-electron chi connectivity index (χ3n) is 11.2. The number of halogens is 6. The molecule has 3 aromatic rings. The number of piperidine rings is 1. The number of carbonyl (C=O) groups is 1. The Morgan fingerprint density at radius 2 is 1.53 bits per heavy atom. The number of hydrogen-bond donors (Lipinski definition) is 0. The summed E-state index contributed by atoms with van der Waals surface area (Å²) in [6, 6.07) is 11.5. The van der Waals surface area contributed by atoms with Gasteiger partial charge in [0.2, 0.25) is 5.92 Å². The number of pyridine rings is 1. The van der Waals surface area contributed by atoms with Crippen molar-refractivity contribution in [3.05, 3.63) is 93.3 Å². The predicted molar refractivity (Wildman–Crippen MR) is 197 cm³/mol. The average molecular weight is 775 g/mol. The molecule has 0 spiro atoms. The number of benzene rings is 2. The zero-order chi connectivity index (χ0) is 39.9. The molecular weight excluding hydrogens is 722 g/mol. The van der Waals surface area contributed by atoms with Crippen molar-refractivity contribution >= 4 is 6.09 Å². The summed E-state index contributed by atoms with van der Waals surface area (Å²) in [5.41, 5.74) is 1.82. The van der Waals surface area contributed by atoms with Crippen molar-refractivity contribution in [1.82, 2.24) is 9.88 Å². The Labute approximate surface area is 319 Å². The molecule has 2 atom stereocenters. The number of aromatic nitrogens is 1. The molecule has 6 nitrogen and oxygen atoms in total. The van der Waals surface area contributed by atoms with Gasteiger partial charge in [-0.2, -0.15) is 13.2 Å². The van der Waals surface area contributed by atoms with Crippen LogP contribution in [0.5, 0.6) is 5.75 Å². The van der Waals surface area contributed by atoms with Crippen LogP contribution in [0, 0.1) is 5.41 Å². The van der Waals surface area contributed by atoms with Gasteiger partial charge in [-0.05, 0) is 112 Å². The fraction of sp³-hybridized carbons (Fsp3) is 0.581. The first kappa shape index (κ1) is 40.9. The van der Waals surface area contributed by atoms with E-state index in [1.165, 1.54) is 0 Å². The molecule has 1 saturated heterocycles. The van der Waals surface area contributed by atoms with Gasteiger partial charge in [-0.25, -0.2) is 18.0 Å². The van der Waals surface area contributed by atoms with Gasteiger partial charge in [0.05, 0.1) is 31.1 Å². The molecule has 0 bridgehead atoms. The van der Waals surface area contributed by atoms with Gasteiger partial charge in [-0.1, -0.05) is 38.1 Å². The quantitative estimate of drug-likeness (QED) is 0.213. The molecule has 1 aromatic heterocycles. The second-order valence-electron chi connectivity index (χ2n) is 17.2. The van der Waals surface area contributed by atoms with Crippen LogP contribution in [0.2, 0.25) is 0 Å². The molecule has 3 aliphatic rings. The molecule has 300 valence electrons. The van der Waals surface area contributed by atoms with Crippen molar-refractivity contribution in [2.45, 2.75) is 134 Å². The van der Waals surface area contributed by atoms with Gasteiger partial charge in [0.25, 0.3) is 0 Å². The first-order chi connectivity index (χ1) is 25.7. The van der Waals surface area contributed by atoms with Crippen LogP contribution in [0.15, 0.2) is 48.5 Å². The highest BCUT2D eigenvalue weighted by atomic mass is 19.4. The molecule has 0 N–H and O–H groups in total. The number of amides is 1. The topological polar surface area (TPSA) is 60.9 Å². The molecule has 2 aliphatic carbocycles. The van der Waals surface area contributed by atoms with Crippen molar-refractivity contribution in [1.29, 1.82) is 0 Å². The number of hydrogen-bond acceptors (Lipinski definition) is 5. The van der Waals surface area contributed by atoms with Crippen LogP contribution in [-0.2, 0) is 28.7 Å².